The molecule has 3 aromatic rings. The summed E-state index contributed by atoms with van der Waals surface area (Å²) in [4.78, 5) is 19.0. The van der Waals surface area contributed by atoms with Gasteiger partial charge in [-0.2, -0.15) is 0 Å². The van der Waals surface area contributed by atoms with Crippen LogP contribution in [0.4, 0.5) is 10.5 Å². The minimum Gasteiger partial charge on any atom is -0.588 e. The number of allylic oxidation sites excluding steroid dienone is 1. The van der Waals surface area contributed by atoms with E-state index in [1.54, 1.807) is 24.2 Å². The van der Waals surface area contributed by atoms with Gasteiger partial charge in [0.1, 0.15) is 29.1 Å². The van der Waals surface area contributed by atoms with Crippen LogP contribution in [0.3, 0.4) is 0 Å². The Morgan fingerprint density at radius 3 is 2.69 bits per heavy atom. The number of likely N-dealkylation sites (tertiary alicyclic amines) is 1. The summed E-state index contributed by atoms with van der Waals surface area (Å²) in [5, 5.41) is 8.75. The molecular formula is C25H29ClN6O3S. The van der Waals surface area contributed by atoms with Crippen molar-refractivity contribution in [1.29, 1.82) is 0 Å². The van der Waals surface area contributed by atoms with Gasteiger partial charge in [-0.15, -0.1) is 10.2 Å². The van der Waals surface area contributed by atoms with E-state index in [9.17, 15) is 9.35 Å². The number of benzene rings is 1. The Hall–Kier alpha value is -3.08. The molecule has 2 aromatic heterocycles. The Bertz CT molecular complexity index is 1260. The van der Waals surface area contributed by atoms with Gasteiger partial charge < -0.3 is 18.8 Å². The highest BCUT2D eigenvalue weighted by molar-refractivity contribution is 7.92. The quantitative estimate of drug-likeness (QED) is 0.339. The topological polar surface area (TPSA) is 108 Å². The lowest BCUT2D eigenvalue weighted by molar-refractivity contribution is 0.137. The van der Waals surface area contributed by atoms with Gasteiger partial charge in [0, 0.05) is 19.3 Å². The van der Waals surface area contributed by atoms with Crippen LogP contribution in [0.25, 0.3) is 11.5 Å². The number of ether oxygens (including phenoxy) is 1. The fourth-order valence-electron chi connectivity index (χ4n) is 3.96. The van der Waals surface area contributed by atoms with Crippen molar-refractivity contribution < 1.29 is 14.1 Å². The number of amides is 1. The van der Waals surface area contributed by atoms with E-state index in [1.165, 1.54) is 6.20 Å². The zero-order chi connectivity index (χ0) is 26.0. The van der Waals surface area contributed by atoms with Crippen molar-refractivity contribution in [2.75, 3.05) is 17.8 Å². The third-order valence-corrected chi connectivity index (χ3v) is 7.17. The molecule has 3 heterocycles. The van der Waals surface area contributed by atoms with Crippen molar-refractivity contribution in [2.45, 2.75) is 50.5 Å². The van der Waals surface area contributed by atoms with Gasteiger partial charge >= 0.3 is 6.09 Å². The number of pyridine rings is 1. The summed E-state index contributed by atoms with van der Waals surface area (Å²) in [5.74, 6) is 0.824. The minimum atomic E-state index is -1.56. The molecule has 4 rings (SSSR count). The molecule has 1 aliphatic heterocycles. The minimum absolute atomic E-state index is 0.00135. The average Bonchev–Trinajstić information content (AvgIpc) is 3.48. The first-order valence-corrected chi connectivity index (χ1v) is 13.0. The van der Waals surface area contributed by atoms with Crippen molar-refractivity contribution in [3.8, 4) is 11.5 Å². The van der Waals surface area contributed by atoms with Crippen LogP contribution in [-0.4, -0.2) is 48.4 Å². The van der Waals surface area contributed by atoms with E-state index in [2.05, 4.69) is 47.3 Å². The predicted molar refractivity (Wildman–Crippen MR) is 140 cm³/mol. The molecule has 9 nitrogen and oxygen atoms in total. The molecule has 1 N–H and O–H groups in total. The maximum Gasteiger partial charge on any atom is 0.414 e. The highest BCUT2D eigenvalue weighted by Crippen LogP contribution is 2.33. The van der Waals surface area contributed by atoms with Crippen molar-refractivity contribution in [2.24, 2.45) is 0 Å². The van der Waals surface area contributed by atoms with E-state index in [0.717, 1.165) is 5.56 Å². The molecule has 1 saturated heterocycles. The summed E-state index contributed by atoms with van der Waals surface area (Å²) in [6.45, 7) is 12.6. The van der Waals surface area contributed by atoms with Gasteiger partial charge in [0.25, 0.3) is 0 Å². The van der Waals surface area contributed by atoms with Crippen LogP contribution in [0.5, 0.6) is 0 Å². The number of aromatic nitrogens is 4. The maximum atomic E-state index is 13.2. The van der Waals surface area contributed by atoms with Crippen LogP contribution in [0.1, 0.15) is 45.7 Å². The molecule has 190 valence electrons. The van der Waals surface area contributed by atoms with E-state index in [-0.39, 0.29) is 11.5 Å². The number of hydrogen-bond acceptors (Lipinski definition) is 7. The van der Waals surface area contributed by atoms with Gasteiger partial charge in [-0.1, -0.05) is 51.1 Å². The molecule has 11 heteroatoms. The largest absolute Gasteiger partial charge is 0.588 e. The van der Waals surface area contributed by atoms with Crippen molar-refractivity contribution in [1.82, 2.24) is 24.6 Å². The van der Waals surface area contributed by atoms with Gasteiger partial charge in [0.15, 0.2) is 10.7 Å². The Labute approximate surface area is 218 Å². The summed E-state index contributed by atoms with van der Waals surface area (Å²) >= 11 is 4.67. The average molecular weight is 529 g/mol. The molecule has 1 amide bonds. The van der Waals surface area contributed by atoms with Crippen LogP contribution in [0.2, 0.25) is 5.02 Å². The van der Waals surface area contributed by atoms with Crippen molar-refractivity contribution in [3.63, 3.8) is 0 Å². The third kappa shape index (κ3) is 5.83. The first-order valence-electron chi connectivity index (χ1n) is 11.5. The third-order valence-electron chi connectivity index (χ3n) is 5.85. The first-order chi connectivity index (χ1) is 17.0. The second kappa shape index (κ2) is 10.5. The number of nitrogens with one attached hydrogen (secondary N) is 1. The van der Waals surface area contributed by atoms with Crippen LogP contribution in [0, 0.1) is 0 Å². The van der Waals surface area contributed by atoms with Gasteiger partial charge in [-0.25, -0.2) is 14.5 Å². The standard InChI is InChI=1S/C25H29ClN6O3S/c1-16(2)35-24(33)31-11-10-19(14-31)32-15-28-29-23(32)22-21(12-18(26)13-27-22)30-36(34)20-8-6-17(7-9-20)25(3,4)5/h6-9,12-13,15,19,30H,1,10-11,14H2,2-5H3. The van der Waals surface area contributed by atoms with Gasteiger partial charge in [-0.3, -0.25) is 0 Å². The second-order valence-electron chi connectivity index (χ2n) is 9.72. The zero-order valence-electron chi connectivity index (χ0n) is 20.7. The number of carbonyl (C=O) groups is 1. The number of rotatable bonds is 6. The molecule has 2 unspecified atom stereocenters. The SMILES string of the molecule is C=C(C)OC(=O)N1CCC(n2cnnc2-c2ncc(Cl)cc2N[S+]([O-])c2ccc(C(C)(C)C)cc2)C1. The van der Waals surface area contributed by atoms with Crippen LogP contribution < -0.4 is 4.72 Å². The van der Waals surface area contributed by atoms with Crippen molar-refractivity contribution in [3.05, 3.63) is 65.8 Å². The Balaban J connectivity index is 1.57. The smallest absolute Gasteiger partial charge is 0.414 e. The van der Waals surface area contributed by atoms with Crippen molar-refractivity contribution >= 4 is 34.7 Å². The molecule has 1 aliphatic rings. The molecule has 0 bridgehead atoms. The number of anilines is 1. The fourth-order valence-corrected chi connectivity index (χ4v) is 4.97. The normalized spacial score (nSPS) is 16.6. The molecule has 0 aliphatic carbocycles. The van der Waals surface area contributed by atoms with E-state index >= 15 is 0 Å². The summed E-state index contributed by atoms with van der Waals surface area (Å²) in [7, 11) is 0. The molecule has 2 atom stereocenters. The van der Waals surface area contributed by atoms with Crippen LogP contribution >= 0.6 is 11.6 Å². The molecule has 36 heavy (non-hydrogen) atoms. The highest BCUT2D eigenvalue weighted by atomic mass is 35.5. The number of carbonyl (C=O) groups excluding carboxylic acids is 1. The molecule has 0 spiro atoms. The second-order valence-corrected chi connectivity index (χ2v) is 11.4. The molecule has 1 aromatic carbocycles. The lowest BCUT2D eigenvalue weighted by Crippen LogP contribution is -2.29. The highest BCUT2D eigenvalue weighted by Gasteiger charge is 2.31. The van der Waals surface area contributed by atoms with Crippen LogP contribution in [0.15, 0.2) is 60.1 Å². The Kier molecular flexibility index (Phi) is 7.58. The Morgan fingerprint density at radius 2 is 2.03 bits per heavy atom. The Morgan fingerprint density at radius 1 is 1.31 bits per heavy atom. The lowest BCUT2D eigenvalue weighted by Gasteiger charge is -2.20. The summed E-state index contributed by atoms with van der Waals surface area (Å²) in [6, 6.07) is 9.24. The number of nitrogens with zero attached hydrogens (tertiary/aromatic N) is 5. The first kappa shape index (κ1) is 26.0. The van der Waals surface area contributed by atoms with E-state index < -0.39 is 17.5 Å². The van der Waals surface area contributed by atoms with Crippen LogP contribution in [-0.2, 0) is 21.5 Å². The maximum absolute atomic E-state index is 13.2. The van der Waals surface area contributed by atoms with Gasteiger partial charge in [0.2, 0.25) is 0 Å². The lowest BCUT2D eigenvalue weighted by atomic mass is 9.87. The summed E-state index contributed by atoms with van der Waals surface area (Å²) in [5.41, 5.74) is 2.07. The summed E-state index contributed by atoms with van der Waals surface area (Å²) in [6.07, 6.45) is 3.38. The molecule has 0 radical (unpaired) electrons. The monoisotopic (exact) mass is 528 g/mol. The van der Waals surface area contributed by atoms with Gasteiger partial charge in [0.05, 0.1) is 16.8 Å². The number of halogens is 1. The number of hydrogen-bond donors (Lipinski definition) is 1. The van der Waals surface area contributed by atoms with E-state index in [1.807, 2.05) is 28.8 Å². The fraction of sp³-hybridized carbons (Fsp3) is 0.360. The molecular weight excluding hydrogens is 500 g/mol. The van der Waals surface area contributed by atoms with Gasteiger partial charge in [-0.05, 0) is 42.5 Å². The predicted octanol–water partition coefficient (Wildman–Crippen LogP) is 5.34. The summed E-state index contributed by atoms with van der Waals surface area (Å²) < 4.78 is 23.2. The molecule has 0 saturated carbocycles. The van der Waals surface area contributed by atoms with E-state index in [0.29, 0.717) is 52.4 Å². The molecule has 1 fully saturated rings. The van der Waals surface area contributed by atoms with E-state index in [4.69, 9.17) is 16.3 Å². The zero-order valence-corrected chi connectivity index (χ0v) is 22.3.